The van der Waals surface area contributed by atoms with Crippen LogP contribution in [0.25, 0.3) is 0 Å². The van der Waals surface area contributed by atoms with E-state index in [1.54, 1.807) is 6.07 Å². The maximum Gasteiger partial charge on any atom is 0.238 e. The van der Waals surface area contributed by atoms with Crippen molar-refractivity contribution in [1.29, 1.82) is 0 Å². The molecule has 0 aliphatic rings. The summed E-state index contributed by atoms with van der Waals surface area (Å²) in [7, 11) is 3.71. The second kappa shape index (κ2) is 5.32. The Bertz CT molecular complexity index is 379. The van der Waals surface area contributed by atoms with E-state index in [4.69, 9.17) is 11.6 Å². The summed E-state index contributed by atoms with van der Waals surface area (Å²) in [5, 5.41) is 3.50. The number of anilines is 1. The molecule has 88 valence electrons. The van der Waals surface area contributed by atoms with Crippen molar-refractivity contribution in [2.75, 3.05) is 26.0 Å². The van der Waals surface area contributed by atoms with Crippen LogP contribution in [0.1, 0.15) is 11.1 Å². The highest BCUT2D eigenvalue weighted by Crippen LogP contribution is 2.23. The molecule has 4 heteroatoms. The SMILES string of the molecule is Cc1cc(NC(=O)CN(C)C)cc(Cl)c1C. The molecule has 0 saturated heterocycles. The molecule has 1 aromatic rings. The lowest BCUT2D eigenvalue weighted by Gasteiger charge is -2.12. The minimum atomic E-state index is -0.0377. The number of aryl methyl sites for hydroxylation is 1. The molecule has 0 atom stereocenters. The fourth-order valence-electron chi connectivity index (χ4n) is 1.38. The van der Waals surface area contributed by atoms with Gasteiger partial charge in [-0.2, -0.15) is 0 Å². The lowest BCUT2D eigenvalue weighted by Crippen LogP contribution is -2.27. The molecule has 16 heavy (non-hydrogen) atoms. The van der Waals surface area contributed by atoms with Crippen LogP contribution >= 0.6 is 11.6 Å². The lowest BCUT2D eigenvalue weighted by molar-refractivity contribution is -0.116. The Morgan fingerprint density at radius 3 is 2.50 bits per heavy atom. The van der Waals surface area contributed by atoms with Gasteiger partial charge in [-0.3, -0.25) is 4.79 Å². The van der Waals surface area contributed by atoms with Gasteiger partial charge < -0.3 is 10.2 Å². The van der Waals surface area contributed by atoms with Crippen molar-refractivity contribution >= 4 is 23.2 Å². The van der Waals surface area contributed by atoms with Crippen molar-refractivity contribution in [3.63, 3.8) is 0 Å². The number of carbonyl (C=O) groups is 1. The molecule has 3 nitrogen and oxygen atoms in total. The zero-order chi connectivity index (χ0) is 12.3. The fraction of sp³-hybridized carbons (Fsp3) is 0.417. The van der Waals surface area contributed by atoms with E-state index in [1.807, 2.05) is 38.9 Å². The Hall–Kier alpha value is -1.06. The molecule has 0 bridgehead atoms. The number of carbonyl (C=O) groups excluding carboxylic acids is 1. The third-order valence-corrected chi connectivity index (χ3v) is 2.74. The van der Waals surface area contributed by atoms with E-state index in [9.17, 15) is 4.79 Å². The molecule has 0 saturated carbocycles. The Kier molecular flexibility index (Phi) is 4.33. The molecular weight excluding hydrogens is 224 g/mol. The second-order valence-corrected chi connectivity index (χ2v) is 4.59. The largest absolute Gasteiger partial charge is 0.325 e. The molecule has 0 aliphatic carbocycles. The van der Waals surface area contributed by atoms with Gasteiger partial charge in [0.1, 0.15) is 0 Å². The standard InChI is InChI=1S/C12H17ClN2O/c1-8-5-10(6-11(13)9(8)2)14-12(16)7-15(3)4/h5-6H,7H2,1-4H3,(H,14,16). The Balaban J connectivity index is 2.79. The molecule has 0 fully saturated rings. The van der Waals surface area contributed by atoms with Gasteiger partial charge in [0.2, 0.25) is 5.91 Å². The van der Waals surface area contributed by atoms with Gasteiger partial charge in [-0.25, -0.2) is 0 Å². The molecule has 1 N–H and O–H groups in total. The van der Waals surface area contributed by atoms with Crippen LogP contribution in [-0.4, -0.2) is 31.4 Å². The maximum atomic E-state index is 11.5. The minimum Gasteiger partial charge on any atom is -0.325 e. The average Bonchev–Trinajstić information content (AvgIpc) is 2.12. The van der Waals surface area contributed by atoms with Crippen LogP contribution in [0.3, 0.4) is 0 Å². The highest BCUT2D eigenvalue weighted by Gasteiger charge is 2.06. The van der Waals surface area contributed by atoms with Crippen molar-refractivity contribution in [1.82, 2.24) is 4.90 Å². The van der Waals surface area contributed by atoms with Crippen molar-refractivity contribution < 1.29 is 4.79 Å². The van der Waals surface area contributed by atoms with Gasteiger partial charge in [-0.15, -0.1) is 0 Å². The maximum absolute atomic E-state index is 11.5. The third kappa shape index (κ3) is 3.51. The molecule has 0 unspecified atom stereocenters. The van der Waals surface area contributed by atoms with Crippen LogP contribution in [0.4, 0.5) is 5.69 Å². The fourth-order valence-corrected chi connectivity index (χ4v) is 1.64. The molecule has 0 radical (unpaired) electrons. The van der Waals surface area contributed by atoms with Gasteiger partial charge in [0.05, 0.1) is 6.54 Å². The number of amides is 1. The molecule has 1 aromatic carbocycles. The van der Waals surface area contributed by atoms with E-state index in [0.717, 1.165) is 16.8 Å². The van der Waals surface area contributed by atoms with Gasteiger partial charge in [0.15, 0.2) is 0 Å². The zero-order valence-corrected chi connectivity index (χ0v) is 10.9. The number of likely N-dealkylation sites (N-methyl/N-ethyl adjacent to an activating group) is 1. The predicted octanol–water partition coefficient (Wildman–Crippen LogP) is 2.46. The van der Waals surface area contributed by atoms with Gasteiger partial charge in [-0.05, 0) is 51.2 Å². The summed E-state index contributed by atoms with van der Waals surface area (Å²) in [5.41, 5.74) is 2.87. The summed E-state index contributed by atoms with van der Waals surface area (Å²) in [4.78, 5) is 13.4. The number of hydrogen-bond donors (Lipinski definition) is 1. The van der Waals surface area contributed by atoms with Crippen LogP contribution in [0.5, 0.6) is 0 Å². The average molecular weight is 241 g/mol. The predicted molar refractivity (Wildman–Crippen MR) is 68.1 cm³/mol. The third-order valence-electron chi connectivity index (χ3n) is 2.35. The number of nitrogens with one attached hydrogen (secondary N) is 1. The van der Waals surface area contributed by atoms with Crippen LogP contribution in [-0.2, 0) is 4.79 Å². The summed E-state index contributed by atoms with van der Waals surface area (Å²) < 4.78 is 0. The highest BCUT2D eigenvalue weighted by molar-refractivity contribution is 6.31. The summed E-state index contributed by atoms with van der Waals surface area (Å²) in [6.07, 6.45) is 0. The smallest absolute Gasteiger partial charge is 0.238 e. The van der Waals surface area contributed by atoms with E-state index in [2.05, 4.69) is 5.32 Å². The van der Waals surface area contributed by atoms with Gasteiger partial charge >= 0.3 is 0 Å². The van der Waals surface area contributed by atoms with E-state index < -0.39 is 0 Å². The normalized spacial score (nSPS) is 10.6. The van der Waals surface area contributed by atoms with E-state index >= 15 is 0 Å². The summed E-state index contributed by atoms with van der Waals surface area (Å²) >= 11 is 6.05. The van der Waals surface area contributed by atoms with Gasteiger partial charge in [0.25, 0.3) is 0 Å². The zero-order valence-electron chi connectivity index (χ0n) is 10.1. The quantitative estimate of drug-likeness (QED) is 0.880. The van der Waals surface area contributed by atoms with Crippen LogP contribution < -0.4 is 5.32 Å². The van der Waals surface area contributed by atoms with E-state index in [0.29, 0.717) is 11.6 Å². The first-order valence-electron chi connectivity index (χ1n) is 5.11. The van der Waals surface area contributed by atoms with E-state index in [1.165, 1.54) is 0 Å². The molecule has 0 spiro atoms. The monoisotopic (exact) mass is 240 g/mol. The van der Waals surface area contributed by atoms with Crippen LogP contribution in [0.15, 0.2) is 12.1 Å². The lowest BCUT2D eigenvalue weighted by atomic mass is 10.1. The summed E-state index contributed by atoms with van der Waals surface area (Å²) in [6, 6.07) is 3.70. The van der Waals surface area contributed by atoms with Crippen LogP contribution in [0, 0.1) is 13.8 Å². The molecule has 1 amide bonds. The summed E-state index contributed by atoms with van der Waals surface area (Å²) in [6.45, 7) is 4.30. The van der Waals surface area contributed by atoms with Gasteiger partial charge in [-0.1, -0.05) is 11.6 Å². The Labute approximate surface area is 101 Å². The Morgan fingerprint density at radius 2 is 2.00 bits per heavy atom. The van der Waals surface area contributed by atoms with Gasteiger partial charge in [0, 0.05) is 10.7 Å². The van der Waals surface area contributed by atoms with Crippen molar-refractivity contribution in [2.24, 2.45) is 0 Å². The number of halogens is 1. The molecule has 0 aliphatic heterocycles. The molecular formula is C12H17ClN2O. The molecule has 0 aromatic heterocycles. The van der Waals surface area contributed by atoms with E-state index in [-0.39, 0.29) is 5.91 Å². The first-order valence-corrected chi connectivity index (χ1v) is 5.49. The second-order valence-electron chi connectivity index (χ2n) is 4.19. The molecule has 0 heterocycles. The first kappa shape index (κ1) is 13.0. The molecule has 1 rings (SSSR count). The summed E-state index contributed by atoms with van der Waals surface area (Å²) in [5.74, 6) is -0.0377. The highest BCUT2D eigenvalue weighted by atomic mass is 35.5. The Morgan fingerprint density at radius 1 is 1.38 bits per heavy atom. The van der Waals surface area contributed by atoms with Crippen molar-refractivity contribution in [3.8, 4) is 0 Å². The number of hydrogen-bond acceptors (Lipinski definition) is 2. The topological polar surface area (TPSA) is 32.3 Å². The number of nitrogens with zero attached hydrogens (tertiary/aromatic N) is 1. The minimum absolute atomic E-state index is 0.0377. The number of rotatable bonds is 3. The van der Waals surface area contributed by atoms with Crippen molar-refractivity contribution in [3.05, 3.63) is 28.3 Å². The van der Waals surface area contributed by atoms with Crippen LogP contribution in [0.2, 0.25) is 5.02 Å². The first-order chi connectivity index (χ1) is 7.40. The number of benzene rings is 1. The van der Waals surface area contributed by atoms with Crippen molar-refractivity contribution in [2.45, 2.75) is 13.8 Å².